The van der Waals surface area contributed by atoms with Gasteiger partial charge in [-0.05, 0) is 5.46 Å². The molecular formula is C7H6BFN2O. The van der Waals surface area contributed by atoms with Gasteiger partial charge in [0.25, 0.3) is 0 Å². The van der Waals surface area contributed by atoms with Crippen molar-refractivity contribution in [2.75, 3.05) is 12.3 Å². The van der Waals surface area contributed by atoms with Crippen molar-refractivity contribution in [1.82, 2.24) is 4.98 Å². The number of fused-ring (bicyclic) bond motifs is 1. The molecule has 2 rings (SSSR count). The fraction of sp³-hybridized carbons (Fsp3) is 0.286. The minimum Gasteiger partial charge on any atom is -0.492 e. The highest BCUT2D eigenvalue weighted by molar-refractivity contribution is 6.34. The van der Waals surface area contributed by atoms with E-state index >= 15 is 0 Å². The van der Waals surface area contributed by atoms with Gasteiger partial charge in [-0.1, -0.05) is 0 Å². The first-order valence-corrected chi connectivity index (χ1v) is 3.56. The number of hydrogen-bond acceptors (Lipinski definition) is 3. The van der Waals surface area contributed by atoms with Crippen molar-refractivity contribution in [3.8, 4) is 5.75 Å². The molecule has 2 radical (unpaired) electrons. The molecule has 3 nitrogen and oxygen atoms in total. The minimum atomic E-state index is -0.685. The SMILES string of the molecule is [B]c1c(F)c(N)nc2c1OCC2. The Morgan fingerprint density at radius 1 is 1.58 bits per heavy atom. The second-order valence-electron chi connectivity index (χ2n) is 2.60. The van der Waals surface area contributed by atoms with Crippen LogP contribution in [0.25, 0.3) is 0 Å². The number of anilines is 1. The number of ether oxygens (including phenoxy) is 1. The predicted octanol–water partition coefficient (Wildman–Crippen LogP) is -0.468. The summed E-state index contributed by atoms with van der Waals surface area (Å²) in [5.74, 6) is -0.492. The zero-order valence-electron chi connectivity index (χ0n) is 6.30. The number of hydrogen-bond donors (Lipinski definition) is 1. The van der Waals surface area contributed by atoms with Crippen molar-refractivity contribution in [3.63, 3.8) is 0 Å². The maximum absolute atomic E-state index is 13.0. The molecule has 0 aromatic carbocycles. The molecular weight excluding hydrogens is 158 g/mol. The van der Waals surface area contributed by atoms with Gasteiger partial charge < -0.3 is 10.5 Å². The topological polar surface area (TPSA) is 48.1 Å². The van der Waals surface area contributed by atoms with Crippen LogP contribution in [0.15, 0.2) is 0 Å². The summed E-state index contributed by atoms with van der Waals surface area (Å²) in [6, 6.07) is 0. The third-order valence-electron chi connectivity index (χ3n) is 1.81. The van der Waals surface area contributed by atoms with Crippen LogP contribution >= 0.6 is 0 Å². The fourth-order valence-electron chi connectivity index (χ4n) is 1.22. The van der Waals surface area contributed by atoms with Gasteiger partial charge in [0.15, 0.2) is 11.6 Å². The van der Waals surface area contributed by atoms with E-state index < -0.39 is 5.82 Å². The molecule has 0 fully saturated rings. The molecule has 0 unspecified atom stereocenters. The molecule has 0 saturated heterocycles. The molecule has 60 valence electrons. The zero-order chi connectivity index (χ0) is 8.72. The monoisotopic (exact) mass is 164 g/mol. The summed E-state index contributed by atoms with van der Waals surface area (Å²) in [5.41, 5.74) is 5.88. The molecule has 0 saturated carbocycles. The van der Waals surface area contributed by atoms with Crippen molar-refractivity contribution in [3.05, 3.63) is 11.5 Å². The van der Waals surface area contributed by atoms with E-state index in [1.54, 1.807) is 0 Å². The quantitative estimate of drug-likeness (QED) is 0.527. The Labute approximate surface area is 70.1 Å². The van der Waals surface area contributed by atoms with E-state index in [0.29, 0.717) is 24.5 Å². The molecule has 0 bridgehead atoms. The van der Waals surface area contributed by atoms with Gasteiger partial charge >= 0.3 is 0 Å². The van der Waals surface area contributed by atoms with Crippen molar-refractivity contribution >= 4 is 19.1 Å². The summed E-state index contributed by atoms with van der Waals surface area (Å²) in [6.07, 6.45) is 0.643. The van der Waals surface area contributed by atoms with Gasteiger partial charge in [0.2, 0.25) is 0 Å². The van der Waals surface area contributed by atoms with Gasteiger partial charge in [0.1, 0.15) is 13.6 Å². The van der Waals surface area contributed by atoms with E-state index in [2.05, 4.69) is 4.98 Å². The van der Waals surface area contributed by atoms with Gasteiger partial charge in [-0.2, -0.15) is 0 Å². The molecule has 5 heteroatoms. The van der Waals surface area contributed by atoms with Crippen LogP contribution in [0.1, 0.15) is 5.69 Å². The molecule has 0 atom stereocenters. The summed E-state index contributed by atoms with van der Waals surface area (Å²) in [4.78, 5) is 3.81. The molecule has 1 aliphatic rings. The van der Waals surface area contributed by atoms with Crippen LogP contribution in [0.2, 0.25) is 0 Å². The number of pyridine rings is 1. The third-order valence-corrected chi connectivity index (χ3v) is 1.81. The molecule has 2 N–H and O–H groups in total. The number of halogens is 1. The van der Waals surface area contributed by atoms with E-state index in [1.165, 1.54) is 0 Å². The molecule has 1 aromatic rings. The molecule has 2 heterocycles. The average Bonchev–Trinajstić information content (AvgIpc) is 2.48. The fourth-order valence-corrected chi connectivity index (χ4v) is 1.22. The van der Waals surface area contributed by atoms with E-state index in [4.69, 9.17) is 18.3 Å². The van der Waals surface area contributed by atoms with Crippen molar-refractivity contribution in [2.45, 2.75) is 6.42 Å². The Hall–Kier alpha value is -1.26. The average molecular weight is 164 g/mol. The molecule has 0 amide bonds. The molecule has 12 heavy (non-hydrogen) atoms. The standard InChI is InChI=1S/C7H6BFN2O/c8-4-5(9)7(10)11-3-1-2-12-6(3)4/h1-2H2,(H2,10,11). The summed E-state index contributed by atoms with van der Waals surface area (Å²) < 4.78 is 18.1. The van der Waals surface area contributed by atoms with Crippen molar-refractivity contribution in [2.24, 2.45) is 0 Å². The van der Waals surface area contributed by atoms with Crippen LogP contribution in [-0.4, -0.2) is 19.4 Å². The summed E-state index contributed by atoms with van der Waals surface area (Å²) in [7, 11) is 5.41. The maximum Gasteiger partial charge on any atom is 0.161 e. The van der Waals surface area contributed by atoms with E-state index in [0.717, 1.165) is 0 Å². The number of nitrogens with zero attached hydrogens (tertiary/aromatic N) is 1. The Balaban J connectivity index is 2.67. The highest BCUT2D eigenvalue weighted by Crippen LogP contribution is 2.23. The number of nitrogen functional groups attached to an aromatic ring is 1. The van der Waals surface area contributed by atoms with Crippen molar-refractivity contribution < 1.29 is 9.13 Å². The Bertz CT molecular complexity index is 343. The molecule has 0 aliphatic carbocycles. The lowest BCUT2D eigenvalue weighted by Crippen LogP contribution is -2.16. The smallest absolute Gasteiger partial charge is 0.161 e. The number of nitrogens with two attached hydrogens (primary N) is 1. The van der Waals surface area contributed by atoms with Crippen LogP contribution in [0.4, 0.5) is 10.2 Å². The summed E-state index contributed by atoms with van der Waals surface area (Å²) in [6.45, 7) is 0.495. The Kier molecular flexibility index (Phi) is 1.46. The minimum absolute atomic E-state index is 0.0324. The normalized spacial score (nSPS) is 14.1. The predicted molar refractivity (Wildman–Crippen MR) is 43.2 cm³/mol. The largest absolute Gasteiger partial charge is 0.492 e. The highest BCUT2D eigenvalue weighted by atomic mass is 19.1. The zero-order valence-corrected chi connectivity index (χ0v) is 6.30. The second kappa shape index (κ2) is 2.37. The maximum atomic E-state index is 13.0. The van der Waals surface area contributed by atoms with Crippen molar-refractivity contribution in [1.29, 1.82) is 0 Å². The second-order valence-corrected chi connectivity index (χ2v) is 2.60. The Morgan fingerprint density at radius 3 is 3.08 bits per heavy atom. The van der Waals surface area contributed by atoms with E-state index in [9.17, 15) is 4.39 Å². The van der Waals surface area contributed by atoms with E-state index in [1.807, 2.05) is 0 Å². The molecule has 0 spiro atoms. The van der Waals surface area contributed by atoms with Gasteiger partial charge in [-0.3, -0.25) is 0 Å². The third kappa shape index (κ3) is 0.857. The van der Waals surface area contributed by atoms with Crippen LogP contribution in [-0.2, 0) is 6.42 Å². The van der Waals surface area contributed by atoms with Crippen LogP contribution in [0.3, 0.4) is 0 Å². The summed E-state index contributed by atoms with van der Waals surface area (Å²) >= 11 is 0. The lowest BCUT2D eigenvalue weighted by atomic mass is 9.94. The Morgan fingerprint density at radius 2 is 2.33 bits per heavy atom. The first-order valence-electron chi connectivity index (χ1n) is 3.56. The van der Waals surface area contributed by atoms with Gasteiger partial charge in [-0.15, -0.1) is 0 Å². The van der Waals surface area contributed by atoms with Gasteiger partial charge in [0, 0.05) is 6.42 Å². The first-order chi connectivity index (χ1) is 5.70. The van der Waals surface area contributed by atoms with Crippen LogP contribution in [0, 0.1) is 5.82 Å². The van der Waals surface area contributed by atoms with E-state index in [-0.39, 0.29) is 11.3 Å². The highest BCUT2D eigenvalue weighted by Gasteiger charge is 2.20. The van der Waals surface area contributed by atoms with Gasteiger partial charge in [0.05, 0.1) is 12.3 Å². The lowest BCUT2D eigenvalue weighted by Gasteiger charge is -2.05. The number of rotatable bonds is 0. The van der Waals surface area contributed by atoms with Crippen LogP contribution in [0.5, 0.6) is 5.75 Å². The van der Waals surface area contributed by atoms with Crippen LogP contribution < -0.4 is 15.9 Å². The first kappa shape index (κ1) is 7.40. The lowest BCUT2D eigenvalue weighted by molar-refractivity contribution is 0.358. The molecule has 1 aromatic heterocycles. The van der Waals surface area contributed by atoms with Gasteiger partial charge in [-0.25, -0.2) is 9.37 Å². The summed E-state index contributed by atoms with van der Waals surface area (Å²) in [5, 5.41) is 0. The molecule has 1 aliphatic heterocycles. The number of aromatic nitrogens is 1.